The summed E-state index contributed by atoms with van der Waals surface area (Å²) in [6, 6.07) is 5.78. The molecule has 0 fully saturated rings. The molecule has 1 aromatic carbocycles. The fourth-order valence-electron chi connectivity index (χ4n) is 1.33. The fourth-order valence-corrected chi connectivity index (χ4v) is 1.49. The van der Waals surface area contributed by atoms with E-state index in [1.807, 2.05) is 39.0 Å². The maximum absolute atomic E-state index is 11.8. The van der Waals surface area contributed by atoms with Crippen molar-refractivity contribution in [3.05, 3.63) is 34.9 Å². The summed E-state index contributed by atoms with van der Waals surface area (Å²) in [7, 11) is 0. The summed E-state index contributed by atoms with van der Waals surface area (Å²) in [5.74, 6) is 0.00231. The predicted molar refractivity (Wildman–Crippen MR) is 66.6 cm³/mol. The van der Waals surface area contributed by atoms with E-state index in [9.17, 15) is 4.79 Å². The van der Waals surface area contributed by atoms with Crippen molar-refractivity contribution in [3.8, 4) is 0 Å². The third-order valence-electron chi connectivity index (χ3n) is 2.39. The van der Waals surface area contributed by atoms with Gasteiger partial charge in [0, 0.05) is 16.9 Å². The molecule has 0 spiro atoms. The van der Waals surface area contributed by atoms with E-state index in [-0.39, 0.29) is 5.91 Å². The molecular weight excluding hydrogens is 254 g/mol. The van der Waals surface area contributed by atoms with Gasteiger partial charge in [-0.1, -0.05) is 35.0 Å². The van der Waals surface area contributed by atoms with Gasteiger partial charge >= 0.3 is 0 Å². The van der Waals surface area contributed by atoms with Crippen LogP contribution in [0, 0.1) is 13.8 Å². The molecule has 0 heterocycles. The van der Waals surface area contributed by atoms with Crippen LogP contribution in [0.15, 0.2) is 18.2 Å². The summed E-state index contributed by atoms with van der Waals surface area (Å²) in [5.41, 5.74) is 2.97. The van der Waals surface area contributed by atoms with Gasteiger partial charge in [0.25, 0.3) is 5.91 Å². The molecule has 1 aromatic rings. The Hall–Kier alpha value is -0.830. The van der Waals surface area contributed by atoms with Gasteiger partial charge in [-0.2, -0.15) is 0 Å². The van der Waals surface area contributed by atoms with Gasteiger partial charge in [-0.15, -0.1) is 0 Å². The van der Waals surface area contributed by atoms with Crippen LogP contribution in [0.5, 0.6) is 0 Å². The number of carbonyl (C=O) groups is 1. The van der Waals surface area contributed by atoms with Gasteiger partial charge < -0.3 is 5.32 Å². The monoisotopic (exact) mass is 269 g/mol. The number of rotatable bonds is 3. The minimum Gasteiger partial charge on any atom is -0.351 e. The van der Waals surface area contributed by atoms with Gasteiger partial charge in [0.1, 0.15) is 0 Å². The van der Waals surface area contributed by atoms with Crippen LogP contribution in [-0.2, 0) is 0 Å². The van der Waals surface area contributed by atoms with Crippen LogP contribution in [-0.4, -0.2) is 17.3 Å². The molecule has 0 aliphatic carbocycles. The Balaban J connectivity index is 2.78. The zero-order valence-electron chi connectivity index (χ0n) is 9.30. The Morgan fingerprint density at radius 2 is 2.13 bits per heavy atom. The van der Waals surface area contributed by atoms with E-state index in [2.05, 4.69) is 21.2 Å². The second-order valence-electron chi connectivity index (χ2n) is 3.74. The van der Waals surface area contributed by atoms with Crippen molar-refractivity contribution in [3.63, 3.8) is 0 Å². The highest BCUT2D eigenvalue weighted by molar-refractivity contribution is 9.09. The minimum atomic E-state index is 0.00231. The van der Waals surface area contributed by atoms with Gasteiger partial charge in [0.05, 0.1) is 0 Å². The molecule has 0 saturated carbocycles. The summed E-state index contributed by atoms with van der Waals surface area (Å²) in [6.07, 6.45) is 0. The first kappa shape index (κ1) is 12.2. The van der Waals surface area contributed by atoms with Crippen LogP contribution in [0.25, 0.3) is 0 Å². The predicted octanol–water partition coefficient (Wildman–Crippen LogP) is 2.82. The van der Waals surface area contributed by atoms with Gasteiger partial charge in [-0.05, 0) is 31.0 Å². The average molecular weight is 270 g/mol. The van der Waals surface area contributed by atoms with Crippen LogP contribution in [0.2, 0.25) is 0 Å². The first-order chi connectivity index (χ1) is 7.02. The van der Waals surface area contributed by atoms with Crippen LogP contribution in [0.4, 0.5) is 0 Å². The molecule has 2 nitrogen and oxygen atoms in total. The Bertz CT molecular complexity index is 361. The number of hydrogen-bond acceptors (Lipinski definition) is 1. The molecule has 1 amide bonds. The van der Waals surface area contributed by atoms with Crippen molar-refractivity contribution >= 4 is 21.8 Å². The highest BCUT2D eigenvalue weighted by Gasteiger charge is 2.09. The fraction of sp³-hybridized carbons (Fsp3) is 0.417. The quantitative estimate of drug-likeness (QED) is 0.841. The molecule has 1 unspecified atom stereocenters. The largest absolute Gasteiger partial charge is 0.351 e. The Labute approximate surface area is 99.2 Å². The lowest BCUT2D eigenvalue weighted by molar-refractivity contribution is 0.0953. The Morgan fingerprint density at radius 3 is 2.73 bits per heavy atom. The molecule has 0 bridgehead atoms. The van der Waals surface area contributed by atoms with Crippen molar-refractivity contribution in [1.29, 1.82) is 0 Å². The molecule has 1 rings (SSSR count). The summed E-state index contributed by atoms with van der Waals surface area (Å²) in [6.45, 7) is 6.64. The third kappa shape index (κ3) is 3.34. The number of carbonyl (C=O) groups excluding carboxylic acids is 1. The van der Waals surface area contributed by atoms with Crippen molar-refractivity contribution in [2.45, 2.75) is 25.6 Å². The minimum absolute atomic E-state index is 0.00231. The van der Waals surface area contributed by atoms with Crippen molar-refractivity contribution < 1.29 is 4.79 Å². The molecule has 0 saturated heterocycles. The summed E-state index contributed by atoms with van der Waals surface area (Å²) >= 11 is 3.39. The third-order valence-corrected chi connectivity index (χ3v) is 2.72. The zero-order chi connectivity index (χ0) is 11.4. The summed E-state index contributed by atoms with van der Waals surface area (Å²) in [4.78, 5) is 12.1. The van der Waals surface area contributed by atoms with Crippen LogP contribution < -0.4 is 5.32 Å². The number of halogens is 1. The lowest BCUT2D eigenvalue weighted by atomic mass is 10.0. The maximum Gasteiger partial charge on any atom is 0.251 e. The molecule has 0 radical (unpaired) electrons. The van der Waals surface area contributed by atoms with E-state index < -0.39 is 0 Å². The van der Waals surface area contributed by atoms with Crippen LogP contribution in [0.1, 0.15) is 28.4 Å². The maximum atomic E-state index is 11.8. The molecule has 1 atom stereocenters. The molecule has 3 heteroatoms. The number of hydrogen-bond donors (Lipinski definition) is 1. The second kappa shape index (κ2) is 5.31. The highest BCUT2D eigenvalue weighted by Crippen LogP contribution is 2.12. The number of benzene rings is 1. The SMILES string of the molecule is Cc1cccc(C(=O)NCC(C)Br)c1C. The molecule has 0 aliphatic rings. The van der Waals surface area contributed by atoms with Gasteiger partial charge in [-0.25, -0.2) is 0 Å². The zero-order valence-corrected chi connectivity index (χ0v) is 10.9. The van der Waals surface area contributed by atoms with Crippen molar-refractivity contribution in [1.82, 2.24) is 5.32 Å². The number of nitrogens with one attached hydrogen (secondary N) is 1. The molecule has 0 aromatic heterocycles. The second-order valence-corrected chi connectivity index (χ2v) is 5.30. The highest BCUT2D eigenvalue weighted by atomic mass is 79.9. The molecule has 0 aliphatic heterocycles. The molecule has 15 heavy (non-hydrogen) atoms. The number of aryl methyl sites for hydroxylation is 1. The van der Waals surface area contributed by atoms with E-state index >= 15 is 0 Å². The average Bonchev–Trinajstić information content (AvgIpc) is 2.18. The molecule has 82 valence electrons. The molecular formula is C12H16BrNO. The van der Waals surface area contributed by atoms with Crippen molar-refractivity contribution in [2.75, 3.05) is 6.54 Å². The van der Waals surface area contributed by atoms with Gasteiger partial charge in [0.2, 0.25) is 0 Å². The molecule has 1 N–H and O–H groups in total. The van der Waals surface area contributed by atoms with E-state index in [0.717, 1.165) is 16.7 Å². The first-order valence-corrected chi connectivity index (χ1v) is 5.92. The summed E-state index contributed by atoms with van der Waals surface area (Å²) < 4.78 is 0. The van der Waals surface area contributed by atoms with E-state index in [4.69, 9.17) is 0 Å². The van der Waals surface area contributed by atoms with Crippen LogP contribution in [0.3, 0.4) is 0 Å². The van der Waals surface area contributed by atoms with E-state index in [1.54, 1.807) is 0 Å². The Kier molecular flexibility index (Phi) is 4.33. The van der Waals surface area contributed by atoms with Gasteiger partial charge in [0.15, 0.2) is 0 Å². The lowest BCUT2D eigenvalue weighted by Crippen LogP contribution is -2.29. The van der Waals surface area contributed by atoms with Crippen LogP contribution >= 0.6 is 15.9 Å². The standard InChI is InChI=1S/C12H16BrNO/c1-8-5-4-6-11(10(8)3)12(15)14-7-9(2)13/h4-6,9H,7H2,1-3H3,(H,14,15). The lowest BCUT2D eigenvalue weighted by Gasteiger charge is -2.10. The number of alkyl halides is 1. The Morgan fingerprint density at radius 1 is 1.47 bits per heavy atom. The van der Waals surface area contributed by atoms with E-state index in [1.165, 1.54) is 0 Å². The van der Waals surface area contributed by atoms with E-state index in [0.29, 0.717) is 11.4 Å². The van der Waals surface area contributed by atoms with Gasteiger partial charge in [-0.3, -0.25) is 4.79 Å². The number of amides is 1. The normalized spacial score (nSPS) is 12.3. The topological polar surface area (TPSA) is 29.1 Å². The van der Waals surface area contributed by atoms with Crippen molar-refractivity contribution in [2.24, 2.45) is 0 Å². The smallest absolute Gasteiger partial charge is 0.251 e. The summed E-state index contributed by atoms with van der Waals surface area (Å²) in [5, 5.41) is 2.88. The first-order valence-electron chi connectivity index (χ1n) is 5.01.